The van der Waals surface area contributed by atoms with Crippen molar-refractivity contribution in [1.82, 2.24) is 19.9 Å². The minimum absolute atomic E-state index is 0.212. The van der Waals surface area contributed by atoms with Crippen molar-refractivity contribution in [3.05, 3.63) is 64.5 Å². The van der Waals surface area contributed by atoms with Crippen LogP contribution in [0.5, 0.6) is 11.8 Å². The molecule has 0 aliphatic carbocycles. The molecule has 41 heavy (non-hydrogen) atoms. The Balaban J connectivity index is 1.32. The molecule has 1 aromatic heterocycles. The largest absolute Gasteiger partial charge is 0.418 e. The third kappa shape index (κ3) is 5.66. The Kier molecular flexibility index (Phi) is 7.92. The van der Waals surface area contributed by atoms with Crippen LogP contribution in [-0.4, -0.2) is 58.6 Å². The summed E-state index contributed by atoms with van der Waals surface area (Å²) in [5, 5.41) is 0. The van der Waals surface area contributed by atoms with Gasteiger partial charge in [0.05, 0.1) is 0 Å². The second kappa shape index (κ2) is 11.8. The fraction of sp³-hybridized carbons (Fsp3) is 0.483. The van der Waals surface area contributed by atoms with Crippen molar-refractivity contribution in [3.63, 3.8) is 0 Å². The van der Waals surface area contributed by atoms with Crippen molar-refractivity contribution >= 4 is 11.9 Å². The SMILES string of the molecule is Fc1c(F)c(F)c(Oc2nc(N3CCC(N4CCCCC4)CC3)nc(N3CCCc4ccccc4C3)n2)c(F)c1F. The lowest BCUT2D eigenvalue weighted by molar-refractivity contribution is 0.141. The highest BCUT2D eigenvalue weighted by atomic mass is 19.2. The summed E-state index contributed by atoms with van der Waals surface area (Å²) >= 11 is 0. The Bertz CT molecular complexity index is 1380. The van der Waals surface area contributed by atoms with E-state index in [9.17, 15) is 22.0 Å². The minimum atomic E-state index is -2.26. The molecule has 0 unspecified atom stereocenters. The molecule has 3 aliphatic rings. The Labute approximate surface area is 235 Å². The summed E-state index contributed by atoms with van der Waals surface area (Å²) in [6.45, 7) is 4.56. The molecule has 3 aromatic rings. The molecular weight excluding hydrogens is 543 g/mol. The van der Waals surface area contributed by atoms with Crippen LogP contribution in [0.15, 0.2) is 24.3 Å². The summed E-state index contributed by atoms with van der Waals surface area (Å²) in [4.78, 5) is 19.7. The van der Waals surface area contributed by atoms with Gasteiger partial charge in [0.25, 0.3) is 0 Å². The number of hydrogen-bond acceptors (Lipinski definition) is 7. The molecule has 0 saturated carbocycles. The van der Waals surface area contributed by atoms with Crippen molar-refractivity contribution in [2.24, 2.45) is 0 Å². The molecule has 2 fully saturated rings. The molecule has 4 heterocycles. The average molecular weight is 575 g/mol. The van der Waals surface area contributed by atoms with E-state index in [0.717, 1.165) is 44.3 Å². The monoisotopic (exact) mass is 574 g/mol. The van der Waals surface area contributed by atoms with Crippen LogP contribution in [-0.2, 0) is 13.0 Å². The summed E-state index contributed by atoms with van der Waals surface area (Å²) in [6.07, 6.45) is 7.13. The van der Waals surface area contributed by atoms with Gasteiger partial charge in [0.1, 0.15) is 0 Å². The van der Waals surface area contributed by atoms with Crippen molar-refractivity contribution in [1.29, 1.82) is 0 Å². The molecular formula is C29H31F5N6O. The van der Waals surface area contributed by atoms with E-state index < -0.39 is 40.8 Å². The smallest absolute Gasteiger partial charge is 0.328 e. The fourth-order valence-corrected chi connectivity index (χ4v) is 6.02. The molecule has 0 bridgehead atoms. The molecule has 2 saturated heterocycles. The van der Waals surface area contributed by atoms with E-state index in [0.29, 0.717) is 32.2 Å². The number of fused-ring (bicyclic) bond motifs is 1. The van der Waals surface area contributed by atoms with E-state index in [1.807, 2.05) is 28.0 Å². The Hall–Kier alpha value is -3.54. The molecule has 3 aliphatic heterocycles. The van der Waals surface area contributed by atoms with Gasteiger partial charge in [0, 0.05) is 32.2 Å². The van der Waals surface area contributed by atoms with Crippen LogP contribution in [0.25, 0.3) is 0 Å². The van der Waals surface area contributed by atoms with Gasteiger partial charge in [-0.05, 0) is 62.7 Å². The first-order valence-electron chi connectivity index (χ1n) is 14.1. The molecule has 2 aromatic carbocycles. The number of halogens is 5. The lowest BCUT2D eigenvalue weighted by atomic mass is 10.0. The van der Waals surface area contributed by atoms with Crippen LogP contribution < -0.4 is 14.5 Å². The zero-order chi connectivity index (χ0) is 28.5. The third-order valence-corrected chi connectivity index (χ3v) is 8.25. The highest BCUT2D eigenvalue weighted by molar-refractivity contribution is 5.44. The van der Waals surface area contributed by atoms with Gasteiger partial charge in [-0.2, -0.15) is 23.7 Å². The molecule has 0 spiro atoms. The number of aromatic nitrogens is 3. The van der Waals surface area contributed by atoms with Gasteiger partial charge in [0.2, 0.25) is 46.7 Å². The summed E-state index contributed by atoms with van der Waals surface area (Å²) in [5.41, 5.74) is 2.30. The van der Waals surface area contributed by atoms with Crippen molar-refractivity contribution in [2.75, 3.05) is 42.5 Å². The predicted molar refractivity (Wildman–Crippen MR) is 143 cm³/mol. The normalized spacial score (nSPS) is 18.8. The maximum atomic E-state index is 14.5. The number of anilines is 2. The minimum Gasteiger partial charge on any atom is -0.418 e. The average Bonchev–Trinajstić information content (AvgIpc) is 3.24. The Morgan fingerprint density at radius 1 is 0.634 bits per heavy atom. The van der Waals surface area contributed by atoms with Gasteiger partial charge in [-0.15, -0.1) is 0 Å². The lowest BCUT2D eigenvalue weighted by Crippen LogP contribution is -2.47. The summed E-state index contributed by atoms with van der Waals surface area (Å²) in [6, 6.07) is 7.95. The molecule has 218 valence electrons. The Morgan fingerprint density at radius 2 is 1.24 bits per heavy atom. The number of benzene rings is 2. The summed E-state index contributed by atoms with van der Waals surface area (Å²) < 4.78 is 75.7. The van der Waals surface area contributed by atoms with E-state index >= 15 is 0 Å². The standard InChI is InChI=1S/C29H31F5N6O/c30-21-22(31)24(33)26(25(34)23(21)32)41-29-36-27(39-15-10-20(11-16-39)38-12-4-1-5-13-38)35-28(37-29)40-14-6-9-18-7-2-3-8-19(18)17-40/h2-3,7-8,20H,1,4-6,9-17H2. The highest BCUT2D eigenvalue weighted by Crippen LogP contribution is 2.33. The number of nitrogens with zero attached hydrogens (tertiary/aromatic N) is 6. The second-order valence-corrected chi connectivity index (χ2v) is 10.8. The topological polar surface area (TPSA) is 57.6 Å². The molecule has 7 nitrogen and oxygen atoms in total. The Morgan fingerprint density at radius 3 is 1.93 bits per heavy atom. The van der Waals surface area contributed by atoms with Gasteiger partial charge in [-0.3, -0.25) is 0 Å². The van der Waals surface area contributed by atoms with Gasteiger partial charge in [-0.25, -0.2) is 13.2 Å². The van der Waals surface area contributed by atoms with Crippen molar-refractivity contribution < 1.29 is 26.7 Å². The van der Waals surface area contributed by atoms with Gasteiger partial charge < -0.3 is 19.4 Å². The second-order valence-electron chi connectivity index (χ2n) is 10.8. The molecule has 12 heteroatoms. The number of aryl methyl sites for hydroxylation is 1. The summed E-state index contributed by atoms with van der Waals surface area (Å²) in [5.74, 6) is -11.6. The lowest BCUT2D eigenvalue weighted by Gasteiger charge is -2.40. The molecule has 0 amide bonds. The first-order valence-corrected chi connectivity index (χ1v) is 14.1. The van der Waals surface area contributed by atoms with E-state index in [4.69, 9.17) is 9.72 Å². The fourth-order valence-electron chi connectivity index (χ4n) is 6.02. The summed E-state index contributed by atoms with van der Waals surface area (Å²) in [7, 11) is 0. The van der Waals surface area contributed by atoms with Gasteiger partial charge in [-0.1, -0.05) is 30.7 Å². The number of rotatable bonds is 5. The van der Waals surface area contributed by atoms with Crippen LogP contribution in [0.1, 0.15) is 49.7 Å². The number of hydrogen-bond donors (Lipinski definition) is 0. The zero-order valence-electron chi connectivity index (χ0n) is 22.6. The third-order valence-electron chi connectivity index (χ3n) is 8.25. The maximum Gasteiger partial charge on any atom is 0.328 e. The highest BCUT2D eigenvalue weighted by Gasteiger charge is 2.31. The van der Waals surface area contributed by atoms with E-state index in [1.165, 1.54) is 24.8 Å². The molecule has 0 atom stereocenters. The predicted octanol–water partition coefficient (Wildman–Crippen LogP) is 5.77. The van der Waals surface area contributed by atoms with Crippen LogP contribution in [0.2, 0.25) is 0 Å². The van der Waals surface area contributed by atoms with Crippen LogP contribution in [0, 0.1) is 29.1 Å². The van der Waals surface area contributed by atoms with E-state index in [2.05, 4.69) is 20.9 Å². The molecule has 0 N–H and O–H groups in total. The first kappa shape index (κ1) is 27.6. The van der Waals surface area contributed by atoms with Crippen molar-refractivity contribution in [3.8, 4) is 11.8 Å². The van der Waals surface area contributed by atoms with Crippen LogP contribution in [0.3, 0.4) is 0 Å². The van der Waals surface area contributed by atoms with E-state index in [1.54, 1.807) is 0 Å². The van der Waals surface area contributed by atoms with Gasteiger partial charge in [0.15, 0.2) is 0 Å². The van der Waals surface area contributed by atoms with Crippen LogP contribution >= 0.6 is 0 Å². The maximum absolute atomic E-state index is 14.5. The van der Waals surface area contributed by atoms with Crippen LogP contribution in [0.4, 0.5) is 33.8 Å². The van der Waals surface area contributed by atoms with Gasteiger partial charge >= 0.3 is 6.01 Å². The first-order chi connectivity index (χ1) is 19.9. The van der Waals surface area contributed by atoms with E-state index in [-0.39, 0.29) is 11.9 Å². The number of ether oxygens (including phenoxy) is 1. The number of piperidine rings is 2. The molecule has 0 radical (unpaired) electrons. The quantitative estimate of drug-likeness (QED) is 0.218. The van der Waals surface area contributed by atoms with Crippen molar-refractivity contribution in [2.45, 2.75) is 57.5 Å². The zero-order valence-corrected chi connectivity index (χ0v) is 22.6. The molecule has 6 rings (SSSR count). The number of likely N-dealkylation sites (tertiary alicyclic amines) is 1.